The molecular weight excluding hydrogens is 264 g/mol. The van der Waals surface area contributed by atoms with Crippen molar-refractivity contribution in [2.45, 2.75) is 20.3 Å². The molecule has 21 heavy (non-hydrogen) atoms. The Balaban J connectivity index is 1.91. The minimum absolute atomic E-state index is 0.206. The molecule has 0 aliphatic rings. The Morgan fingerprint density at radius 2 is 1.57 bits per heavy atom. The molecule has 0 saturated heterocycles. The molecule has 0 heterocycles. The van der Waals surface area contributed by atoms with Gasteiger partial charge in [-0.05, 0) is 37.6 Å². The average Bonchev–Trinajstić information content (AvgIpc) is 2.43. The van der Waals surface area contributed by atoms with Crippen molar-refractivity contribution in [3.05, 3.63) is 59.7 Å². The summed E-state index contributed by atoms with van der Waals surface area (Å²) in [6.07, 6.45) is -0.206. The zero-order chi connectivity index (χ0) is 15.2. The van der Waals surface area contributed by atoms with Crippen LogP contribution in [-0.2, 0) is 9.59 Å². The number of benzene rings is 2. The molecule has 2 aromatic rings. The number of para-hydroxylation sites is 1. The predicted molar refractivity (Wildman–Crippen MR) is 84.2 cm³/mol. The van der Waals surface area contributed by atoms with E-state index in [1.807, 2.05) is 50.2 Å². The molecule has 0 fully saturated rings. The van der Waals surface area contributed by atoms with E-state index in [9.17, 15) is 9.59 Å². The molecule has 2 rings (SSSR count). The molecule has 108 valence electrons. The van der Waals surface area contributed by atoms with Gasteiger partial charge >= 0.3 is 0 Å². The molecule has 0 atom stereocenters. The van der Waals surface area contributed by atoms with Gasteiger partial charge in [0.25, 0.3) is 0 Å². The maximum absolute atomic E-state index is 11.9. The van der Waals surface area contributed by atoms with E-state index in [1.165, 1.54) is 0 Å². The lowest BCUT2D eigenvalue weighted by Gasteiger charge is -2.09. The second-order valence-electron chi connectivity index (χ2n) is 4.96. The summed E-state index contributed by atoms with van der Waals surface area (Å²) in [4.78, 5) is 23.7. The standard InChI is InChI=1S/C17H18N2O2/c1-12-8-9-15(13(2)10-12)19-17(21)11-16(20)18-14-6-4-3-5-7-14/h3-10H,11H2,1-2H3,(H,18,20)(H,19,21). The van der Waals surface area contributed by atoms with Gasteiger partial charge in [0, 0.05) is 11.4 Å². The summed E-state index contributed by atoms with van der Waals surface area (Å²) in [6.45, 7) is 3.92. The van der Waals surface area contributed by atoms with Crippen molar-refractivity contribution in [1.82, 2.24) is 0 Å². The van der Waals surface area contributed by atoms with E-state index in [0.29, 0.717) is 5.69 Å². The summed E-state index contributed by atoms with van der Waals surface area (Å²) in [5.74, 6) is -0.654. The molecule has 2 aromatic carbocycles. The van der Waals surface area contributed by atoms with E-state index in [4.69, 9.17) is 0 Å². The van der Waals surface area contributed by atoms with Crippen LogP contribution in [0.2, 0.25) is 0 Å². The molecule has 4 nitrogen and oxygen atoms in total. The van der Waals surface area contributed by atoms with Crippen molar-refractivity contribution in [2.75, 3.05) is 10.6 Å². The smallest absolute Gasteiger partial charge is 0.233 e. The second-order valence-corrected chi connectivity index (χ2v) is 4.96. The first-order valence-corrected chi connectivity index (χ1v) is 6.76. The lowest BCUT2D eigenvalue weighted by Crippen LogP contribution is -2.21. The fourth-order valence-corrected chi connectivity index (χ4v) is 2.02. The molecule has 0 aliphatic carbocycles. The average molecular weight is 282 g/mol. The van der Waals surface area contributed by atoms with Gasteiger partial charge in [-0.15, -0.1) is 0 Å². The highest BCUT2D eigenvalue weighted by Crippen LogP contribution is 2.16. The lowest BCUT2D eigenvalue weighted by molar-refractivity contribution is -0.123. The maximum Gasteiger partial charge on any atom is 0.233 e. The van der Waals surface area contributed by atoms with Crippen molar-refractivity contribution in [1.29, 1.82) is 0 Å². The third-order valence-electron chi connectivity index (χ3n) is 3.03. The topological polar surface area (TPSA) is 58.2 Å². The van der Waals surface area contributed by atoms with Gasteiger partial charge in [-0.1, -0.05) is 35.9 Å². The predicted octanol–water partition coefficient (Wildman–Crippen LogP) is 3.27. The van der Waals surface area contributed by atoms with Gasteiger partial charge < -0.3 is 10.6 Å². The van der Waals surface area contributed by atoms with Gasteiger partial charge in [-0.25, -0.2) is 0 Å². The zero-order valence-corrected chi connectivity index (χ0v) is 12.1. The molecule has 0 bridgehead atoms. The first kappa shape index (κ1) is 14.8. The summed E-state index contributed by atoms with van der Waals surface area (Å²) < 4.78 is 0. The van der Waals surface area contributed by atoms with E-state index < -0.39 is 0 Å². The fraction of sp³-hybridized carbons (Fsp3) is 0.176. The molecule has 2 N–H and O–H groups in total. The number of rotatable bonds is 4. The molecule has 0 spiro atoms. The Morgan fingerprint density at radius 1 is 0.905 bits per heavy atom. The quantitative estimate of drug-likeness (QED) is 0.846. The van der Waals surface area contributed by atoms with E-state index in [2.05, 4.69) is 10.6 Å². The minimum atomic E-state index is -0.330. The molecule has 0 radical (unpaired) electrons. The van der Waals surface area contributed by atoms with E-state index >= 15 is 0 Å². The fourth-order valence-electron chi connectivity index (χ4n) is 2.02. The first-order chi connectivity index (χ1) is 10.0. The molecule has 2 amide bonds. The Morgan fingerprint density at radius 3 is 2.24 bits per heavy atom. The first-order valence-electron chi connectivity index (χ1n) is 6.76. The molecule has 0 unspecified atom stereocenters. The van der Waals surface area contributed by atoms with Crippen molar-refractivity contribution < 1.29 is 9.59 Å². The van der Waals surface area contributed by atoms with Gasteiger partial charge in [0.1, 0.15) is 6.42 Å². The van der Waals surface area contributed by atoms with Crippen molar-refractivity contribution >= 4 is 23.2 Å². The van der Waals surface area contributed by atoms with Crippen LogP contribution in [0.3, 0.4) is 0 Å². The lowest BCUT2D eigenvalue weighted by atomic mass is 10.1. The molecule has 0 aromatic heterocycles. The van der Waals surface area contributed by atoms with Crippen LogP contribution in [0.4, 0.5) is 11.4 Å². The SMILES string of the molecule is Cc1ccc(NC(=O)CC(=O)Nc2ccccc2)c(C)c1. The Labute approximate surface area is 124 Å². The number of aryl methyl sites for hydroxylation is 2. The van der Waals surface area contributed by atoms with E-state index in [-0.39, 0.29) is 18.2 Å². The summed E-state index contributed by atoms with van der Waals surface area (Å²) in [5, 5.41) is 5.44. The minimum Gasteiger partial charge on any atom is -0.326 e. The third-order valence-corrected chi connectivity index (χ3v) is 3.03. The van der Waals surface area contributed by atoms with E-state index in [0.717, 1.165) is 16.8 Å². The van der Waals surface area contributed by atoms with Crippen LogP contribution in [-0.4, -0.2) is 11.8 Å². The normalized spacial score (nSPS) is 10.0. The molecular formula is C17H18N2O2. The van der Waals surface area contributed by atoms with Crippen LogP contribution in [0.1, 0.15) is 17.5 Å². The van der Waals surface area contributed by atoms with E-state index in [1.54, 1.807) is 12.1 Å². The van der Waals surface area contributed by atoms with Gasteiger partial charge in [-0.3, -0.25) is 9.59 Å². The number of nitrogens with one attached hydrogen (secondary N) is 2. The summed E-state index contributed by atoms with van der Waals surface area (Å²) in [6, 6.07) is 14.8. The van der Waals surface area contributed by atoms with Crippen molar-refractivity contribution in [3.63, 3.8) is 0 Å². The number of hydrogen-bond acceptors (Lipinski definition) is 2. The Bertz CT molecular complexity index is 651. The molecule has 0 saturated carbocycles. The highest BCUT2D eigenvalue weighted by molar-refractivity contribution is 6.08. The Kier molecular flexibility index (Phi) is 4.72. The van der Waals surface area contributed by atoms with Crippen LogP contribution >= 0.6 is 0 Å². The summed E-state index contributed by atoms with van der Waals surface area (Å²) in [5.41, 5.74) is 3.53. The number of carbonyl (C=O) groups is 2. The number of anilines is 2. The number of hydrogen-bond donors (Lipinski definition) is 2. The monoisotopic (exact) mass is 282 g/mol. The summed E-state index contributed by atoms with van der Waals surface area (Å²) >= 11 is 0. The zero-order valence-electron chi connectivity index (χ0n) is 12.1. The largest absolute Gasteiger partial charge is 0.326 e. The highest BCUT2D eigenvalue weighted by Gasteiger charge is 2.10. The Hall–Kier alpha value is -2.62. The van der Waals surface area contributed by atoms with Crippen LogP contribution in [0.5, 0.6) is 0 Å². The van der Waals surface area contributed by atoms with Gasteiger partial charge in [-0.2, -0.15) is 0 Å². The van der Waals surface area contributed by atoms with Crippen LogP contribution in [0.25, 0.3) is 0 Å². The van der Waals surface area contributed by atoms with Crippen molar-refractivity contribution in [2.24, 2.45) is 0 Å². The molecule has 4 heteroatoms. The van der Waals surface area contributed by atoms with Crippen LogP contribution in [0, 0.1) is 13.8 Å². The highest BCUT2D eigenvalue weighted by atomic mass is 16.2. The van der Waals surface area contributed by atoms with Crippen molar-refractivity contribution in [3.8, 4) is 0 Å². The van der Waals surface area contributed by atoms with Gasteiger partial charge in [0.05, 0.1) is 0 Å². The van der Waals surface area contributed by atoms with Gasteiger partial charge in [0.15, 0.2) is 0 Å². The number of amides is 2. The second kappa shape index (κ2) is 6.70. The van der Waals surface area contributed by atoms with Gasteiger partial charge in [0.2, 0.25) is 11.8 Å². The van der Waals surface area contributed by atoms with Crippen LogP contribution < -0.4 is 10.6 Å². The summed E-state index contributed by atoms with van der Waals surface area (Å²) in [7, 11) is 0. The third kappa shape index (κ3) is 4.45. The van der Waals surface area contributed by atoms with Crippen LogP contribution in [0.15, 0.2) is 48.5 Å². The molecule has 0 aliphatic heterocycles. The number of carbonyl (C=O) groups excluding carboxylic acids is 2. The maximum atomic E-state index is 11.9.